The van der Waals surface area contributed by atoms with Gasteiger partial charge in [-0.15, -0.1) is 0 Å². The normalized spacial score (nSPS) is 16.8. The Labute approximate surface area is 149 Å². The minimum atomic E-state index is -0.581. The number of aromatic nitrogens is 1. The van der Waals surface area contributed by atoms with Crippen LogP contribution in [-0.4, -0.2) is 29.9 Å². The van der Waals surface area contributed by atoms with E-state index in [2.05, 4.69) is 10.3 Å². The number of H-pyrrole nitrogens is 1. The van der Waals surface area contributed by atoms with Gasteiger partial charge in [-0.1, -0.05) is 29.8 Å². The first-order valence-electron chi connectivity index (χ1n) is 7.97. The van der Waals surface area contributed by atoms with E-state index < -0.39 is 6.04 Å². The monoisotopic (exact) mass is 353 g/mol. The summed E-state index contributed by atoms with van der Waals surface area (Å²) in [4.78, 5) is 29.8. The molecule has 0 aliphatic carbocycles. The maximum atomic E-state index is 12.6. The first kappa shape index (κ1) is 15.7. The van der Waals surface area contributed by atoms with Gasteiger partial charge in [0.2, 0.25) is 5.91 Å². The van der Waals surface area contributed by atoms with Crippen molar-refractivity contribution in [3.8, 4) is 0 Å². The lowest BCUT2D eigenvalue weighted by Crippen LogP contribution is -2.51. The van der Waals surface area contributed by atoms with E-state index in [1.54, 1.807) is 30.1 Å². The van der Waals surface area contributed by atoms with Crippen molar-refractivity contribution in [3.05, 3.63) is 64.8 Å². The number of hydrogen-bond donors (Lipinski definition) is 2. The molecule has 0 fully saturated rings. The van der Waals surface area contributed by atoms with E-state index in [0.717, 1.165) is 22.2 Å². The van der Waals surface area contributed by atoms with Crippen molar-refractivity contribution in [1.82, 2.24) is 10.3 Å². The largest absolute Gasteiger partial charge is 0.351 e. The summed E-state index contributed by atoms with van der Waals surface area (Å²) in [5, 5.41) is 4.30. The first-order chi connectivity index (χ1) is 12.0. The highest BCUT2D eigenvalue weighted by Crippen LogP contribution is 2.26. The van der Waals surface area contributed by atoms with Crippen LogP contribution in [0.2, 0.25) is 5.02 Å². The Morgan fingerprint density at radius 3 is 2.88 bits per heavy atom. The molecule has 3 aromatic rings. The molecule has 0 bridgehead atoms. The summed E-state index contributed by atoms with van der Waals surface area (Å²) in [5.41, 5.74) is 3.16. The molecule has 0 saturated carbocycles. The van der Waals surface area contributed by atoms with Crippen molar-refractivity contribution in [3.63, 3.8) is 0 Å². The Morgan fingerprint density at radius 2 is 2.04 bits per heavy atom. The van der Waals surface area contributed by atoms with Gasteiger partial charge in [0.25, 0.3) is 5.91 Å². The van der Waals surface area contributed by atoms with Crippen molar-refractivity contribution < 1.29 is 9.59 Å². The molecule has 1 aliphatic rings. The number of benzene rings is 2. The van der Waals surface area contributed by atoms with E-state index in [9.17, 15) is 9.59 Å². The van der Waals surface area contributed by atoms with Crippen LogP contribution in [0.3, 0.4) is 0 Å². The molecule has 6 heteroatoms. The zero-order valence-electron chi connectivity index (χ0n) is 13.5. The van der Waals surface area contributed by atoms with Crippen LogP contribution >= 0.6 is 11.6 Å². The smallest absolute Gasteiger partial charge is 0.268 e. The third kappa shape index (κ3) is 2.76. The minimum Gasteiger partial charge on any atom is -0.351 e. The fraction of sp³-hybridized carbons (Fsp3) is 0.158. The quantitative estimate of drug-likeness (QED) is 0.743. The van der Waals surface area contributed by atoms with Crippen LogP contribution in [0.1, 0.15) is 16.1 Å². The molecule has 0 spiro atoms. The van der Waals surface area contributed by atoms with Crippen LogP contribution in [-0.2, 0) is 11.2 Å². The third-order valence-electron chi connectivity index (χ3n) is 4.54. The number of anilines is 1. The average molecular weight is 354 g/mol. The molecule has 25 heavy (non-hydrogen) atoms. The van der Waals surface area contributed by atoms with Crippen LogP contribution in [0.15, 0.2) is 48.5 Å². The van der Waals surface area contributed by atoms with Crippen molar-refractivity contribution >= 4 is 40.0 Å². The van der Waals surface area contributed by atoms with E-state index in [1.165, 1.54) is 0 Å². The number of rotatable bonds is 2. The number of halogens is 1. The van der Waals surface area contributed by atoms with Crippen molar-refractivity contribution in [2.75, 3.05) is 11.9 Å². The molecule has 2 heterocycles. The lowest BCUT2D eigenvalue weighted by atomic mass is 9.97. The highest BCUT2D eigenvalue weighted by molar-refractivity contribution is 6.31. The summed E-state index contributed by atoms with van der Waals surface area (Å²) < 4.78 is 0. The molecular formula is C19H16ClN3O2. The van der Waals surface area contributed by atoms with E-state index in [1.807, 2.05) is 30.3 Å². The molecule has 126 valence electrons. The molecule has 2 N–H and O–H groups in total. The first-order valence-corrected chi connectivity index (χ1v) is 8.35. The van der Waals surface area contributed by atoms with E-state index in [-0.39, 0.29) is 11.8 Å². The van der Waals surface area contributed by atoms with Gasteiger partial charge in [0.15, 0.2) is 0 Å². The second-order valence-corrected chi connectivity index (χ2v) is 6.61. The van der Waals surface area contributed by atoms with Gasteiger partial charge < -0.3 is 15.2 Å². The molecule has 1 aliphatic heterocycles. The number of fused-ring (bicyclic) bond motifs is 2. The van der Waals surface area contributed by atoms with Gasteiger partial charge in [0.1, 0.15) is 11.7 Å². The number of hydrogen-bond acceptors (Lipinski definition) is 2. The number of likely N-dealkylation sites (N-methyl/N-ethyl adjacent to an activating group) is 1. The third-order valence-corrected chi connectivity index (χ3v) is 4.77. The van der Waals surface area contributed by atoms with Crippen LogP contribution in [0, 0.1) is 0 Å². The Balaban J connectivity index is 1.59. The maximum Gasteiger partial charge on any atom is 0.268 e. The van der Waals surface area contributed by atoms with E-state index in [4.69, 9.17) is 11.6 Å². The molecule has 1 atom stereocenters. The number of para-hydroxylation sites is 1. The van der Waals surface area contributed by atoms with Gasteiger partial charge in [-0.3, -0.25) is 9.59 Å². The van der Waals surface area contributed by atoms with E-state index in [0.29, 0.717) is 17.1 Å². The standard InChI is InChI=1S/C19H16ClN3O2/c1-23-17-5-3-2-4-11(17)9-16(19(23)25)22-18(24)15-10-12-8-13(20)6-7-14(12)21-15/h2-8,10,16,21H,9H2,1H3,(H,22,24)/t16-/m1/s1. The molecule has 5 nitrogen and oxygen atoms in total. The summed E-state index contributed by atoms with van der Waals surface area (Å²) in [6.07, 6.45) is 0.483. The Hall–Kier alpha value is -2.79. The fourth-order valence-electron chi connectivity index (χ4n) is 3.24. The Morgan fingerprint density at radius 1 is 1.24 bits per heavy atom. The van der Waals surface area contributed by atoms with Crippen LogP contribution in [0.25, 0.3) is 10.9 Å². The zero-order valence-corrected chi connectivity index (χ0v) is 14.3. The second kappa shape index (κ2) is 5.93. The van der Waals surface area contributed by atoms with Gasteiger partial charge >= 0.3 is 0 Å². The SMILES string of the molecule is CN1C(=O)[C@H](NC(=O)c2cc3cc(Cl)ccc3[nH]2)Cc2ccccc21. The number of amides is 2. The zero-order chi connectivity index (χ0) is 17.6. The second-order valence-electron chi connectivity index (χ2n) is 6.17. The molecular weight excluding hydrogens is 338 g/mol. The van der Waals surface area contributed by atoms with Gasteiger partial charge in [-0.2, -0.15) is 0 Å². The summed E-state index contributed by atoms with van der Waals surface area (Å²) in [6, 6.07) is 14.3. The Kier molecular flexibility index (Phi) is 3.73. The van der Waals surface area contributed by atoms with Crippen LogP contribution in [0.5, 0.6) is 0 Å². The van der Waals surface area contributed by atoms with E-state index >= 15 is 0 Å². The predicted octanol–water partition coefficient (Wildman–Crippen LogP) is 3.14. The molecule has 2 amide bonds. The lowest BCUT2D eigenvalue weighted by molar-refractivity contribution is -0.120. The molecule has 1 aromatic heterocycles. The minimum absolute atomic E-state index is 0.119. The lowest BCUT2D eigenvalue weighted by Gasteiger charge is -2.31. The average Bonchev–Trinajstić information content (AvgIpc) is 3.02. The highest BCUT2D eigenvalue weighted by Gasteiger charge is 2.31. The number of carbonyl (C=O) groups excluding carboxylic acids is 2. The van der Waals surface area contributed by atoms with Crippen LogP contribution in [0.4, 0.5) is 5.69 Å². The van der Waals surface area contributed by atoms with Gasteiger partial charge in [-0.25, -0.2) is 0 Å². The summed E-state index contributed by atoms with van der Waals surface area (Å²) in [7, 11) is 1.73. The molecule has 0 radical (unpaired) electrons. The predicted molar refractivity (Wildman–Crippen MR) is 98.1 cm³/mol. The molecule has 0 saturated heterocycles. The molecule has 4 rings (SSSR count). The molecule has 0 unspecified atom stereocenters. The number of nitrogens with zero attached hydrogens (tertiary/aromatic N) is 1. The highest BCUT2D eigenvalue weighted by atomic mass is 35.5. The van der Waals surface area contributed by atoms with Gasteiger partial charge in [0.05, 0.1) is 0 Å². The number of carbonyl (C=O) groups is 2. The van der Waals surface area contributed by atoms with Gasteiger partial charge in [-0.05, 0) is 35.9 Å². The van der Waals surface area contributed by atoms with Crippen molar-refractivity contribution in [1.29, 1.82) is 0 Å². The number of aromatic amines is 1. The summed E-state index contributed by atoms with van der Waals surface area (Å²) in [5.74, 6) is -0.426. The maximum absolute atomic E-state index is 12.6. The topological polar surface area (TPSA) is 65.2 Å². The summed E-state index contributed by atoms with van der Waals surface area (Å²) >= 11 is 5.98. The Bertz CT molecular complexity index is 995. The van der Waals surface area contributed by atoms with Gasteiger partial charge in [0, 0.05) is 35.1 Å². The van der Waals surface area contributed by atoms with Crippen LogP contribution < -0.4 is 10.2 Å². The van der Waals surface area contributed by atoms with Crippen molar-refractivity contribution in [2.45, 2.75) is 12.5 Å². The fourth-order valence-corrected chi connectivity index (χ4v) is 3.43. The molecule has 2 aromatic carbocycles. The number of nitrogens with one attached hydrogen (secondary N) is 2. The summed E-state index contributed by atoms with van der Waals surface area (Å²) in [6.45, 7) is 0. The van der Waals surface area contributed by atoms with Crippen molar-refractivity contribution in [2.24, 2.45) is 0 Å².